The van der Waals surface area contributed by atoms with E-state index in [1.165, 1.54) is 13.4 Å². The van der Waals surface area contributed by atoms with E-state index in [1.807, 2.05) is 24.3 Å². The lowest BCUT2D eigenvalue weighted by atomic mass is 10.0. The van der Waals surface area contributed by atoms with Gasteiger partial charge in [-0.25, -0.2) is 9.97 Å². The Hall–Kier alpha value is -3.36. The fourth-order valence-electron chi connectivity index (χ4n) is 3.28. The summed E-state index contributed by atoms with van der Waals surface area (Å²) in [6.45, 7) is 2.84. The molecule has 30 heavy (non-hydrogen) atoms. The van der Waals surface area contributed by atoms with Crippen molar-refractivity contribution in [3.8, 4) is 21.9 Å². The lowest BCUT2D eigenvalue weighted by Gasteiger charge is -2.06. The van der Waals surface area contributed by atoms with Gasteiger partial charge < -0.3 is 15.6 Å². The number of azo groups is 1. The molecule has 2 heterocycles. The number of aryl methyl sites for hydroxylation is 1. The fourth-order valence-corrected chi connectivity index (χ4v) is 4.53. The van der Waals surface area contributed by atoms with Gasteiger partial charge in [-0.1, -0.05) is 30.3 Å². The van der Waals surface area contributed by atoms with Gasteiger partial charge in [-0.15, -0.1) is 16.5 Å². The van der Waals surface area contributed by atoms with E-state index in [0.717, 1.165) is 37.3 Å². The second-order valence-electron chi connectivity index (χ2n) is 6.70. The molecular weight excluding hydrogens is 398 g/mol. The minimum absolute atomic E-state index is 0.0757. The Labute approximate surface area is 177 Å². The largest absolute Gasteiger partial charge is 0.504 e. The molecule has 0 saturated heterocycles. The normalized spacial score (nSPS) is 11.4. The molecule has 4 aromatic rings. The summed E-state index contributed by atoms with van der Waals surface area (Å²) >= 11 is 1.60. The van der Waals surface area contributed by atoms with Gasteiger partial charge in [0.2, 0.25) is 0 Å². The van der Waals surface area contributed by atoms with Crippen molar-refractivity contribution in [2.24, 2.45) is 16.0 Å². The third kappa shape index (κ3) is 3.74. The van der Waals surface area contributed by atoms with Gasteiger partial charge in [-0.3, -0.25) is 0 Å². The number of nitrogens with zero attached hydrogens (tertiary/aromatic N) is 4. The quantitative estimate of drug-likeness (QED) is 0.422. The van der Waals surface area contributed by atoms with Crippen LogP contribution >= 0.6 is 11.3 Å². The van der Waals surface area contributed by atoms with Crippen molar-refractivity contribution < 1.29 is 9.84 Å². The maximum atomic E-state index is 9.91. The number of thiophene rings is 1. The zero-order valence-corrected chi connectivity index (χ0v) is 17.5. The minimum Gasteiger partial charge on any atom is -0.504 e. The number of phenols is 1. The number of fused-ring (bicyclic) bond motifs is 1. The van der Waals surface area contributed by atoms with E-state index >= 15 is 0 Å². The topological polar surface area (TPSA) is 106 Å². The predicted molar refractivity (Wildman–Crippen MR) is 118 cm³/mol. The molecule has 3 N–H and O–H groups in total. The molecule has 7 nitrogen and oxygen atoms in total. The number of rotatable bonds is 6. The van der Waals surface area contributed by atoms with Gasteiger partial charge in [0.05, 0.1) is 19.2 Å². The predicted octanol–water partition coefficient (Wildman–Crippen LogP) is 5.12. The zero-order valence-electron chi connectivity index (χ0n) is 16.7. The molecule has 2 aromatic carbocycles. The number of hydrogen-bond donors (Lipinski definition) is 2. The summed E-state index contributed by atoms with van der Waals surface area (Å²) in [4.78, 5) is 9.89. The van der Waals surface area contributed by atoms with E-state index in [1.54, 1.807) is 23.5 Å². The van der Waals surface area contributed by atoms with E-state index in [4.69, 9.17) is 10.5 Å². The van der Waals surface area contributed by atoms with Crippen molar-refractivity contribution in [2.75, 3.05) is 7.11 Å². The Morgan fingerprint density at radius 3 is 2.77 bits per heavy atom. The van der Waals surface area contributed by atoms with Crippen molar-refractivity contribution >= 4 is 27.4 Å². The number of phenolic OH excluding ortho intramolecular Hbond substituents is 1. The molecule has 0 radical (unpaired) electrons. The third-order valence-corrected chi connectivity index (χ3v) is 6.14. The molecule has 0 spiro atoms. The summed E-state index contributed by atoms with van der Waals surface area (Å²) in [7, 11) is 1.51. The number of nitrogens with two attached hydrogens (primary N) is 1. The van der Waals surface area contributed by atoms with Crippen LogP contribution in [0.15, 0.2) is 59.0 Å². The third-order valence-electron chi connectivity index (χ3n) is 4.83. The summed E-state index contributed by atoms with van der Waals surface area (Å²) < 4.78 is 5.95. The second-order valence-corrected chi connectivity index (χ2v) is 7.72. The summed E-state index contributed by atoms with van der Waals surface area (Å²) in [6, 6.07) is 13.3. The Bertz CT molecular complexity index is 1240. The number of methoxy groups -OCH3 is 1. The lowest BCUT2D eigenvalue weighted by molar-refractivity contribution is 0.373. The van der Waals surface area contributed by atoms with Crippen molar-refractivity contribution in [1.82, 2.24) is 9.97 Å². The molecule has 0 amide bonds. The Kier molecular flexibility index (Phi) is 5.69. The highest BCUT2D eigenvalue weighted by atomic mass is 32.1. The number of aromatic nitrogens is 2. The smallest absolute Gasteiger partial charge is 0.195 e. The Morgan fingerprint density at radius 1 is 1.17 bits per heavy atom. The molecule has 2 aromatic heterocycles. The molecule has 0 saturated carbocycles. The lowest BCUT2D eigenvalue weighted by Crippen LogP contribution is -1.98. The van der Waals surface area contributed by atoms with Crippen LogP contribution in [-0.2, 0) is 13.1 Å². The molecule has 8 heteroatoms. The van der Waals surface area contributed by atoms with Crippen molar-refractivity contribution in [1.29, 1.82) is 0 Å². The first-order chi connectivity index (χ1) is 14.6. The summed E-state index contributed by atoms with van der Waals surface area (Å²) in [5.74, 6) is 1.03. The molecule has 152 valence electrons. The standard InChI is InChI=1S/C22H21N5O2S/c1-13-19-21(30-20(13)16-6-4-3-5-15(16)10-23)22(25-12-24-19)27-26-11-14-7-8-18(29-2)17(28)9-14/h3-9,12,28H,10-11,23H2,1-2H3. The number of aromatic hydroxyl groups is 1. The molecule has 0 bridgehead atoms. The van der Waals surface area contributed by atoms with Gasteiger partial charge in [-0.2, -0.15) is 5.11 Å². The maximum absolute atomic E-state index is 9.91. The number of ether oxygens (including phenoxy) is 1. The van der Waals surface area contributed by atoms with Crippen LogP contribution in [0.5, 0.6) is 11.5 Å². The maximum Gasteiger partial charge on any atom is 0.195 e. The highest BCUT2D eigenvalue weighted by molar-refractivity contribution is 7.23. The fraction of sp³-hybridized carbons (Fsp3) is 0.182. The first-order valence-corrected chi connectivity index (χ1v) is 10.2. The van der Waals surface area contributed by atoms with Crippen LogP contribution in [0, 0.1) is 6.92 Å². The van der Waals surface area contributed by atoms with Crippen LogP contribution in [0.1, 0.15) is 16.7 Å². The van der Waals surface area contributed by atoms with Crippen LogP contribution < -0.4 is 10.5 Å². The first kappa shape index (κ1) is 19.9. The number of benzene rings is 2. The average molecular weight is 420 g/mol. The Balaban J connectivity index is 1.67. The zero-order chi connectivity index (χ0) is 21.1. The van der Waals surface area contributed by atoms with E-state index in [2.05, 4.69) is 33.2 Å². The van der Waals surface area contributed by atoms with Gasteiger partial charge in [0.15, 0.2) is 17.3 Å². The van der Waals surface area contributed by atoms with Gasteiger partial charge >= 0.3 is 0 Å². The molecule has 0 atom stereocenters. The molecule has 0 fully saturated rings. The van der Waals surface area contributed by atoms with Crippen LogP contribution in [0.25, 0.3) is 20.7 Å². The van der Waals surface area contributed by atoms with Gasteiger partial charge in [0, 0.05) is 11.4 Å². The van der Waals surface area contributed by atoms with Crippen LogP contribution in [0.4, 0.5) is 5.82 Å². The van der Waals surface area contributed by atoms with Crippen molar-refractivity contribution in [3.05, 3.63) is 65.5 Å². The monoisotopic (exact) mass is 419 g/mol. The van der Waals surface area contributed by atoms with Crippen LogP contribution in [0.3, 0.4) is 0 Å². The van der Waals surface area contributed by atoms with E-state index in [-0.39, 0.29) is 5.75 Å². The molecule has 4 rings (SSSR count). The summed E-state index contributed by atoms with van der Waals surface area (Å²) in [5, 5.41) is 18.5. The minimum atomic E-state index is 0.0757. The van der Waals surface area contributed by atoms with E-state index < -0.39 is 0 Å². The van der Waals surface area contributed by atoms with Crippen molar-refractivity contribution in [3.63, 3.8) is 0 Å². The van der Waals surface area contributed by atoms with Gasteiger partial charge in [0.1, 0.15) is 11.0 Å². The van der Waals surface area contributed by atoms with Gasteiger partial charge in [0.25, 0.3) is 0 Å². The summed E-state index contributed by atoms with van der Waals surface area (Å²) in [5.41, 5.74) is 10.9. The Morgan fingerprint density at radius 2 is 2.00 bits per heavy atom. The molecule has 0 aliphatic carbocycles. The van der Waals surface area contributed by atoms with Gasteiger partial charge in [-0.05, 0) is 41.3 Å². The highest BCUT2D eigenvalue weighted by Gasteiger charge is 2.16. The van der Waals surface area contributed by atoms with E-state index in [0.29, 0.717) is 24.7 Å². The van der Waals surface area contributed by atoms with Crippen molar-refractivity contribution in [2.45, 2.75) is 20.0 Å². The second kappa shape index (κ2) is 8.56. The molecule has 0 aliphatic heterocycles. The van der Waals surface area contributed by atoms with Crippen LogP contribution in [-0.4, -0.2) is 22.2 Å². The highest BCUT2D eigenvalue weighted by Crippen LogP contribution is 2.41. The summed E-state index contributed by atoms with van der Waals surface area (Å²) in [6.07, 6.45) is 1.51. The average Bonchev–Trinajstić information content (AvgIpc) is 3.11. The number of hydrogen-bond acceptors (Lipinski definition) is 8. The van der Waals surface area contributed by atoms with Crippen LogP contribution in [0.2, 0.25) is 0 Å². The van der Waals surface area contributed by atoms with E-state index in [9.17, 15) is 5.11 Å². The molecular formula is C22H21N5O2S. The molecule has 0 aliphatic rings. The SMILES string of the molecule is COc1ccc(CN=Nc2ncnc3c(C)c(-c4ccccc4CN)sc23)cc1O. The first-order valence-electron chi connectivity index (χ1n) is 9.38. The molecule has 0 unspecified atom stereocenters.